The predicted octanol–water partition coefficient (Wildman–Crippen LogP) is 20.3. The molecule has 1 atom stereocenters. The number of benzene rings is 9. The standard InChI is InChI=1S/C72H56N4O2S/c1-7-19-49(20-8-1)73(50-21-9-2-10-22-50)55-31-37-67-61(43-55)63-45-57(33-39-69(63)77-67)75(53-27-15-5-16-28-53)59-35-41-71-65(47-59)66-48-60(36-42-72(66)79-71)76(54-29-17-6-18-30-54)58-34-40-70-64(46-58)62-44-56(32-38-68(62)78-70)74(51-23-11-3-12-24-51)52-25-13-4-14-26-52/h1-3,5-12,15-25,27-34,36-38,40,42-48,69H,4,13-14,26,35,39,41H2. The molecule has 3 aliphatic carbocycles. The summed E-state index contributed by atoms with van der Waals surface area (Å²) in [7, 11) is 0. The Hall–Kier alpha value is -9.30. The van der Waals surface area contributed by atoms with Crippen LogP contribution >= 0.6 is 11.3 Å². The average molecular weight is 1040 g/mol. The molecule has 0 bridgehead atoms. The Morgan fingerprint density at radius 3 is 1.52 bits per heavy atom. The Morgan fingerprint density at radius 1 is 0.405 bits per heavy atom. The van der Waals surface area contributed by atoms with Crippen molar-refractivity contribution in [3.05, 3.63) is 276 Å². The lowest BCUT2D eigenvalue weighted by Gasteiger charge is -2.33. The number of thiophene rings is 1. The van der Waals surface area contributed by atoms with E-state index in [-0.39, 0.29) is 6.10 Å². The van der Waals surface area contributed by atoms with Crippen LogP contribution in [0.15, 0.2) is 264 Å². The summed E-state index contributed by atoms with van der Waals surface area (Å²) in [5.74, 6) is 0.930. The SMILES string of the molecule is C1=C2c3cc(N(c4ccccc4)c4ccccc4)ccc3OC2CC=C1N(C1=Cc2c(sc3ccc(N(c4ccccc4)c4ccc5oc6ccc(N(C7=CCCCC7)c7ccccc7)cc6c5c4)cc23)CC1)c1ccccc1. The Kier molecular flexibility index (Phi) is 11.8. The van der Waals surface area contributed by atoms with Crippen molar-refractivity contribution in [2.75, 3.05) is 19.6 Å². The minimum Gasteiger partial charge on any atom is -0.485 e. The van der Waals surface area contributed by atoms with Gasteiger partial charge in [-0.3, -0.25) is 0 Å². The maximum absolute atomic E-state index is 6.72. The fourth-order valence-electron chi connectivity index (χ4n) is 12.4. The van der Waals surface area contributed by atoms with Crippen LogP contribution in [0, 0.1) is 0 Å². The maximum atomic E-state index is 6.72. The van der Waals surface area contributed by atoms with Gasteiger partial charge in [0.25, 0.3) is 0 Å². The molecular formula is C72H56N4O2S. The topological polar surface area (TPSA) is 35.3 Å². The number of aryl methyl sites for hydroxylation is 1. The lowest BCUT2D eigenvalue weighted by Crippen LogP contribution is -2.26. The summed E-state index contributed by atoms with van der Waals surface area (Å²) in [6.45, 7) is 0. The van der Waals surface area contributed by atoms with E-state index in [4.69, 9.17) is 9.15 Å². The molecule has 0 saturated heterocycles. The van der Waals surface area contributed by atoms with Crippen LogP contribution in [0.3, 0.4) is 0 Å². The zero-order chi connectivity index (χ0) is 52.2. The van der Waals surface area contributed by atoms with Crippen LogP contribution in [-0.4, -0.2) is 6.10 Å². The molecule has 1 unspecified atom stereocenters. The van der Waals surface area contributed by atoms with Crippen LogP contribution in [-0.2, 0) is 6.42 Å². The minimum absolute atomic E-state index is 0.0493. The van der Waals surface area contributed by atoms with E-state index in [9.17, 15) is 0 Å². The Balaban J connectivity index is 0.806. The molecule has 4 aliphatic rings. The lowest BCUT2D eigenvalue weighted by molar-refractivity contribution is 0.278. The zero-order valence-electron chi connectivity index (χ0n) is 43.7. The number of hydrogen-bond acceptors (Lipinski definition) is 7. The fraction of sp³-hybridized carbons (Fsp3) is 0.111. The number of hydrogen-bond donors (Lipinski definition) is 0. The Morgan fingerprint density at radius 2 is 0.924 bits per heavy atom. The first kappa shape index (κ1) is 47.0. The lowest BCUT2D eigenvalue weighted by atomic mass is 9.93. The average Bonchev–Trinajstić information content (AvgIpc) is 4.41. The molecule has 79 heavy (non-hydrogen) atoms. The van der Waals surface area contributed by atoms with Gasteiger partial charge >= 0.3 is 0 Å². The predicted molar refractivity (Wildman–Crippen MR) is 330 cm³/mol. The summed E-state index contributed by atoms with van der Waals surface area (Å²) in [4.78, 5) is 11.1. The van der Waals surface area contributed by atoms with Crippen LogP contribution in [0.25, 0.3) is 43.7 Å². The minimum atomic E-state index is -0.0493. The highest BCUT2D eigenvalue weighted by molar-refractivity contribution is 7.19. The number of rotatable bonds is 12. The van der Waals surface area contributed by atoms with E-state index in [0.717, 1.165) is 111 Å². The maximum Gasteiger partial charge on any atom is 0.135 e. The third kappa shape index (κ3) is 8.58. The number of allylic oxidation sites excluding steroid dienone is 4. The van der Waals surface area contributed by atoms with Gasteiger partial charge in [-0.15, -0.1) is 11.3 Å². The second-order valence-electron chi connectivity index (χ2n) is 20.9. The van der Waals surface area contributed by atoms with E-state index in [0.29, 0.717) is 0 Å². The van der Waals surface area contributed by atoms with Gasteiger partial charge in [-0.2, -0.15) is 0 Å². The molecule has 9 aromatic carbocycles. The second-order valence-corrected chi connectivity index (χ2v) is 22.1. The summed E-state index contributed by atoms with van der Waals surface area (Å²) in [6, 6.07) is 80.8. The highest BCUT2D eigenvalue weighted by Crippen LogP contribution is 2.49. The summed E-state index contributed by atoms with van der Waals surface area (Å²) < 4.78 is 14.6. The van der Waals surface area contributed by atoms with Crippen molar-refractivity contribution in [2.24, 2.45) is 0 Å². The highest BCUT2D eigenvalue weighted by Gasteiger charge is 2.34. The number of furan rings is 1. The number of para-hydroxylation sites is 5. The highest BCUT2D eigenvalue weighted by atomic mass is 32.1. The van der Waals surface area contributed by atoms with Gasteiger partial charge in [0.2, 0.25) is 0 Å². The molecule has 1 aliphatic heterocycles. The van der Waals surface area contributed by atoms with Gasteiger partial charge in [-0.05, 0) is 190 Å². The third-order valence-corrected chi connectivity index (χ3v) is 17.3. The fourth-order valence-corrected chi connectivity index (χ4v) is 13.6. The smallest absolute Gasteiger partial charge is 0.135 e. The van der Waals surface area contributed by atoms with E-state index < -0.39 is 0 Å². The van der Waals surface area contributed by atoms with Gasteiger partial charge in [0, 0.05) is 112 Å². The van der Waals surface area contributed by atoms with Crippen LogP contribution in [0.5, 0.6) is 5.75 Å². The summed E-state index contributed by atoms with van der Waals surface area (Å²) in [5.41, 5.74) is 19.3. The van der Waals surface area contributed by atoms with Gasteiger partial charge in [0.1, 0.15) is 23.0 Å². The summed E-state index contributed by atoms with van der Waals surface area (Å²) >= 11 is 1.93. The molecular weight excluding hydrogens is 985 g/mol. The molecule has 382 valence electrons. The van der Waals surface area contributed by atoms with Gasteiger partial charge in [0.05, 0.1) is 0 Å². The molecule has 0 spiro atoms. The number of ether oxygens (including phenoxy) is 1. The van der Waals surface area contributed by atoms with Crippen molar-refractivity contribution in [2.45, 2.75) is 51.0 Å². The van der Waals surface area contributed by atoms with E-state index in [2.05, 4.69) is 268 Å². The Labute approximate surface area is 465 Å². The van der Waals surface area contributed by atoms with Crippen molar-refractivity contribution in [1.29, 1.82) is 0 Å². The molecule has 3 heterocycles. The van der Waals surface area contributed by atoms with Crippen molar-refractivity contribution in [1.82, 2.24) is 0 Å². The van der Waals surface area contributed by atoms with Crippen LogP contribution in [0.4, 0.5) is 51.2 Å². The molecule has 2 aromatic heterocycles. The first-order chi connectivity index (χ1) is 39.1. The molecule has 0 saturated carbocycles. The van der Waals surface area contributed by atoms with Crippen molar-refractivity contribution >= 4 is 106 Å². The molecule has 0 amide bonds. The van der Waals surface area contributed by atoms with Crippen molar-refractivity contribution < 1.29 is 9.15 Å². The second kappa shape index (κ2) is 19.9. The van der Waals surface area contributed by atoms with E-state index in [1.807, 2.05) is 11.3 Å². The molecule has 15 rings (SSSR count). The zero-order valence-corrected chi connectivity index (χ0v) is 44.5. The van der Waals surface area contributed by atoms with Gasteiger partial charge < -0.3 is 28.8 Å². The van der Waals surface area contributed by atoms with Crippen molar-refractivity contribution in [3.63, 3.8) is 0 Å². The van der Waals surface area contributed by atoms with Crippen LogP contribution < -0.4 is 24.3 Å². The van der Waals surface area contributed by atoms with Crippen LogP contribution in [0.1, 0.15) is 54.5 Å². The number of anilines is 9. The van der Waals surface area contributed by atoms with E-state index >= 15 is 0 Å². The summed E-state index contributed by atoms with van der Waals surface area (Å²) in [5, 5.41) is 3.47. The first-order valence-electron chi connectivity index (χ1n) is 27.8. The molecule has 11 aromatic rings. The molecule has 6 nitrogen and oxygen atoms in total. The van der Waals surface area contributed by atoms with E-state index in [1.54, 1.807) is 0 Å². The summed E-state index contributed by atoms with van der Waals surface area (Å²) in [6.07, 6.45) is 16.9. The number of nitrogens with zero attached hydrogens (tertiary/aromatic N) is 4. The molecule has 0 radical (unpaired) electrons. The van der Waals surface area contributed by atoms with Gasteiger partial charge in [-0.1, -0.05) is 103 Å². The molecule has 0 N–H and O–H groups in total. The van der Waals surface area contributed by atoms with Gasteiger partial charge in [-0.25, -0.2) is 0 Å². The molecule has 7 heteroatoms. The number of fused-ring (bicyclic) bond motifs is 9. The third-order valence-electron chi connectivity index (χ3n) is 16.1. The van der Waals surface area contributed by atoms with Gasteiger partial charge in [0.15, 0.2) is 0 Å². The molecule has 0 fully saturated rings. The monoisotopic (exact) mass is 1040 g/mol. The normalized spacial score (nSPS) is 15.5. The first-order valence-corrected chi connectivity index (χ1v) is 28.6. The van der Waals surface area contributed by atoms with E-state index in [1.165, 1.54) is 61.7 Å². The van der Waals surface area contributed by atoms with Crippen LogP contribution in [0.2, 0.25) is 0 Å². The largest absolute Gasteiger partial charge is 0.485 e. The Bertz CT molecular complexity index is 4180. The van der Waals surface area contributed by atoms with Crippen molar-refractivity contribution in [3.8, 4) is 5.75 Å². The quantitative estimate of drug-likeness (QED) is 0.121.